The van der Waals surface area contributed by atoms with E-state index in [0.29, 0.717) is 13.0 Å². The molecule has 1 unspecified atom stereocenters. The smallest absolute Gasteiger partial charge is 0.260 e. The number of rotatable bonds is 4. The van der Waals surface area contributed by atoms with Crippen LogP contribution in [0, 0.1) is 0 Å². The minimum absolute atomic E-state index is 0.126. The van der Waals surface area contributed by atoms with Crippen molar-refractivity contribution in [1.82, 2.24) is 14.3 Å². The molecule has 108 valence electrons. The minimum atomic E-state index is -3.42. The number of imidazole rings is 1. The van der Waals surface area contributed by atoms with E-state index in [-0.39, 0.29) is 11.1 Å². The highest BCUT2D eigenvalue weighted by Gasteiger charge is 2.32. The first-order valence-electron chi connectivity index (χ1n) is 7.15. The van der Waals surface area contributed by atoms with Gasteiger partial charge in [-0.15, -0.1) is 0 Å². The Labute approximate surface area is 115 Å². The van der Waals surface area contributed by atoms with E-state index in [2.05, 4.69) is 16.9 Å². The van der Waals surface area contributed by atoms with Gasteiger partial charge >= 0.3 is 0 Å². The molecule has 0 spiro atoms. The summed E-state index contributed by atoms with van der Waals surface area (Å²) in [6.45, 7) is 4.64. The average Bonchev–Trinajstić information content (AvgIpc) is 2.76. The van der Waals surface area contributed by atoms with Gasteiger partial charge in [0.05, 0.1) is 6.20 Å². The van der Waals surface area contributed by atoms with Crippen molar-refractivity contribution in [2.45, 2.75) is 63.4 Å². The summed E-state index contributed by atoms with van der Waals surface area (Å²) in [5.74, 6) is 0.724. The van der Waals surface area contributed by atoms with Crippen molar-refractivity contribution < 1.29 is 8.42 Å². The lowest BCUT2D eigenvalue weighted by atomic mass is 10.1. The average molecular weight is 285 g/mol. The largest absolute Gasteiger partial charge is 0.332 e. The lowest BCUT2D eigenvalue weighted by molar-refractivity contribution is 0.314. The van der Waals surface area contributed by atoms with E-state index in [1.807, 2.05) is 6.92 Å². The second-order valence-electron chi connectivity index (χ2n) is 5.07. The van der Waals surface area contributed by atoms with E-state index < -0.39 is 10.0 Å². The Hall–Kier alpha value is -0.880. The predicted octanol–water partition coefficient (Wildman–Crippen LogP) is 2.32. The SMILES string of the molecule is CCc1ncc(S(=O)(=O)N2CCCCCC2CC)[nH]1. The van der Waals surface area contributed by atoms with Gasteiger partial charge in [-0.25, -0.2) is 13.4 Å². The fourth-order valence-corrected chi connectivity index (χ4v) is 4.36. The third-order valence-corrected chi connectivity index (χ3v) is 5.68. The molecule has 2 rings (SSSR count). The quantitative estimate of drug-likeness (QED) is 0.923. The van der Waals surface area contributed by atoms with Crippen LogP contribution in [0.2, 0.25) is 0 Å². The first kappa shape index (κ1) is 14.5. The molecule has 1 aliphatic heterocycles. The van der Waals surface area contributed by atoms with Gasteiger partial charge in [0, 0.05) is 19.0 Å². The molecule has 1 aromatic heterocycles. The normalized spacial score (nSPS) is 22.3. The van der Waals surface area contributed by atoms with Crippen LogP contribution in [0.4, 0.5) is 0 Å². The fraction of sp³-hybridized carbons (Fsp3) is 0.769. The number of aryl methyl sites for hydroxylation is 1. The summed E-state index contributed by atoms with van der Waals surface area (Å²) in [6.07, 6.45) is 7.18. The summed E-state index contributed by atoms with van der Waals surface area (Å²) in [5, 5.41) is 0.240. The topological polar surface area (TPSA) is 66.1 Å². The van der Waals surface area contributed by atoms with Crippen molar-refractivity contribution in [3.05, 3.63) is 12.0 Å². The summed E-state index contributed by atoms with van der Waals surface area (Å²) in [7, 11) is -3.42. The molecule has 1 N–H and O–H groups in total. The second-order valence-corrected chi connectivity index (χ2v) is 6.93. The number of hydrogen-bond donors (Lipinski definition) is 1. The second kappa shape index (κ2) is 6.05. The number of sulfonamides is 1. The Bertz CT molecular complexity index is 510. The zero-order chi connectivity index (χ0) is 13.9. The van der Waals surface area contributed by atoms with Crippen LogP contribution in [0.3, 0.4) is 0 Å². The highest BCUT2D eigenvalue weighted by atomic mass is 32.2. The van der Waals surface area contributed by atoms with Crippen LogP contribution in [0.25, 0.3) is 0 Å². The summed E-state index contributed by atoms with van der Waals surface area (Å²) in [4.78, 5) is 7.03. The molecule has 0 bridgehead atoms. The Morgan fingerprint density at radius 1 is 1.37 bits per heavy atom. The van der Waals surface area contributed by atoms with Gasteiger partial charge in [-0.05, 0) is 19.3 Å². The zero-order valence-corrected chi connectivity index (χ0v) is 12.5. The molecule has 0 aliphatic carbocycles. The lowest BCUT2D eigenvalue weighted by Crippen LogP contribution is -2.39. The van der Waals surface area contributed by atoms with Crippen molar-refractivity contribution in [2.24, 2.45) is 0 Å². The number of nitrogens with zero attached hydrogens (tertiary/aromatic N) is 2. The van der Waals surface area contributed by atoms with Gasteiger partial charge in [0.1, 0.15) is 5.82 Å². The van der Waals surface area contributed by atoms with E-state index in [9.17, 15) is 8.42 Å². The maximum Gasteiger partial charge on any atom is 0.260 e. The number of aromatic amines is 1. The molecule has 0 radical (unpaired) electrons. The molecular weight excluding hydrogens is 262 g/mol. The molecular formula is C13H23N3O2S. The number of nitrogens with one attached hydrogen (secondary N) is 1. The summed E-state index contributed by atoms with van der Waals surface area (Å²) in [6, 6.07) is 0.126. The fourth-order valence-electron chi connectivity index (χ4n) is 2.66. The van der Waals surface area contributed by atoms with Gasteiger partial charge in [0.15, 0.2) is 5.03 Å². The minimum Gasteiger partial charge on any atom is -0.332 e. The molecule has 1 atom stereocenters. The third-order valence-electron chi connectivity index (χ3n) is 3.82. The molecule has 0 saturated carbocycles. The van der Waals surface area contributed by atoms with Crippen LogP contribution in [0.1, 0.15) is 51.8 Å². The highest BCUT2D eigenvalue weighted by molar-refractivity contribution is 7.89. The van der Waals surface area contributed by atoms with Gasteiger partial charge in [0.25, 0.3) is 10.0 Å². The van der Waals surface area contributed by atoms with Crippen molar-refractivity contribution in [1.29, 1.82) is 0 Å². The Morgan fingerprint density at radius 2 is 2.16 bits per heavy atom. The monoisotopic (exact) mass is 285 g/mol. The van der Waals surface area contributed by atoms with Crippen LogP contribution < -0.4 is 0 Å². The summed E-state index contributed by atoms with van der Waals surface area (Å²) in [5.41, 5.74) is 0. The maximum atomic E-state index is 12.7. The van der Waals surface area contributed by atoms with E-state index in [4.69, 9.17) is 0 Å². The molecule has 0 aromatic carbocycles. The molecule has 2 heterocycles. The molecule has 5 nitrogen and oxygen atoms in total. The standard InChI is InChI=1S/C13H23N3O2S/c1-3-11-8-6-5-7-9-16(11)19(17,18)13-10-14-12(4-2)15-13/h10-11H,3-9H2,1-2H3,(H,14,15). The van der Waals surface area contributed by atoms with Gasteiger partial charge in [-0.3, -0.25) is 0 Å². The van der Waals surface area contributed by atoms with Crippen LogP contribution in [0.15, 0.2) is 11.2 Å². The Kier molecular flexibility index (Phi) is 4.62. The van der Waals surface area contributed by atoms with Crippen molar-refractivity contribution in [2.75, 3.05) is 6.54 Å². The Morgan fingerprint density at radius 3 is 2.79 bits per heavy atom. The van der Waals surface area contributed by atoms with E-state index in [1.54, 1.807) is 4.31 Å². The van der Waals surface area contributed by atoms with Gasteiger partial charge in [-0.2, -0.15) is 4.31 Å². The van der Waals surface area contributed by atoms with Gasteiger partial charge < -0.3 is 4.98 Å². The van der Waals surface area contributed by atoms with E-state index >= 15 is 0 Å². The van der Waals surface area contributed by atoms with E-state index in [1.165, 1.54) is 6.20 Å². The first-order valence-corrected chi connectivity index (χ1v) is 8.59. The summed E-state index contributed by atoms with van der Waals surface area (Å²) >= 11 is 0. The van der Waals surface area contributed by atoms with Crippen LogP contribution in [-0.2, 0) is 16.4 Å². The van der Waals surface area contributed by atoms with Crippen molar-refractivity contribution in [3.8, 4) is 0 Å². The lowest BCUT2D eigenvalue weighted by Gasteiger charge is -2.27. The predicted molar refractivity (Wildman–Crippen MR) is 74.4 cm³/mol. The number of hydrogen-bond acceptors (Lipinski definition) is 3. The van der Waals surface area contributed by atoms with Crippen molar-refractivity contribution >= 4 is 10.0 Å². The molecule has 1 fully saturated rings. The molecule has 19 heavy (non-hydrogen) atoms. The molecule has 6 heteroatoms. The molecule has 1 aromatic rings. The van der Waals surface area contributed by atoms with Crippen LogP contribution >= 0.6 is 0 Å². The number of aromatic nitrogens is 2. The zero-order valence-electron chi connectivity index (χ0n) is 11.7. The van der Waals surface area contributed by atoms with E-state index in [0.717, 1.165) is 37.9 Å². The van der Waals surface area contributed by atoms with Gasteiger partial charge in [0.2, 0.25) is 0 Å². The van der Waals surface area contributed by atoms with Crippen LogP contribution in [0.5, 0.6) is 0 Å². The molecule has 1 saturated heterocycles. The Balaban J connectivity index is 2.30. The first-order chi connectivity index (χ1) is 9.09. The van der Waals surface area contributed by atoms with Gasteiger partial charge in [-0.1, -0.05) is 26.7 Å². The molecule has 1 aliphatic rings. The third kappa shape index (κ3) is 3.00. The summed E-state index contributed by atoms with van der Waals surface area (Å²) < 4.78 is 27.1. The number of H-pyrrole nitrogens is 1. The maximum absolute atomic E-state index is 12.7. The van der Waals surface area contributed by atoms with Crippen LogP contribution in [-0.4, -0.2) is 35.3 Å². The van der Waals surface area contributed by atoms with Crippen molar-refractivity contribution in [3.63, 3.8) is 0 Å². The molecule has 0 amide bonds. The highest BCUT2D eigenvalue weighted by Crippen LogP contribution is 2.25.